The number of carbonyl (C=O) groups excluding carboxylic acids is 2. The molecule has 7 heteroatoms. The topological polar surface area (TPSA) is 82.1 Å². The molecule has 0 amide bonds. The molecule has 194 valence electrons. The standard InChI is InChI=1S/C28H42O6Si/c1-18(2)28(31)21(30)23-26(8)15-16-27(28,9)22(33-25(6,7)34-23)20(29)19(26)14-12-13-17-32-35(10,11)24(3,4)5/h15-16,19,22-23,31H,1,13,17H2,2-11H3. The lowest BCUT2D eigenvalue weighted by molar-refractivity contribution is -0.302. The van der Waals surface area contributed by atoms with E-state index in [9.17, 15) is 14.7 Å². The minimum atomic E-state index is -2.02. The molecule has 6 atom stereocenters. The molecule has 4 aliphatic rings. The highest BCUT2D eigenvalue weighted by atomic mass is 28.4. The van der Waals surface area contributed by atoms with Crippen molar-refractivity contribution >= 4 is 19.9 Å². The lowest BCUT2D eigenvalue weighted by atomic mass is 9.58. The first-order valence-corrected chi connectivity index (χ1v) is 15.3. The van der Waals surface area contributed by atoms with Gasteiger partial charge in [-0.05, 0) is 51.4 Å². The van der Waals surface area contributed by atoms with Crippen LogP contribution < -0.4 is 0 Å². The van der Waals surface area contributed by atoms with Crippen LogP contribution in [0, 0.1) is 28.6 Å². The van der Waals surface area contributed by atoms with E-state index in [2.05, 4.69) is 52.3 Å². The van der Waals surface area contributed by atoms with Gasteiger partial charge in [0.05, 0.1) is 11.3 Å². The molecule has 6 unspecified atom stereocenters. The Bertz CT molecular complexity index is 1020. The Balaban J connectivity index is 2.03. The van der Waals surface area contributed by atoms with Crippen molar-refractivity contribution < 1.29 is 28.6 Å². The number of carbonyl (C=O) groups is 2. The number of aliphatic hydroxyl groups is 1. The summed E-state index contributed by atoms with van der Waals surface area (Å²) in [5.41, 5.74) is -4.20. The van der Waals surface area contributed by atoms with E-state index in [4.69, 9.17) is 13.9 Å². The molecule has 2 aliphatic heterocycles. The fraction of sp³-hybridized carbons (Fsp3) is 0.714. The molecule has 1 N–H and O–H groups in total. The third-order valence-electron chi connectivity index (χ3n) is 8.60. The Morgan fingerprint density at radius 3 is 2.26 bits per heavy atom. The van der Waals surface area contributed by atoms with Crippen LogP contribution in [0.15, 0.2) is 24.3 Å². The summed E-state index contributed by atoms with van der Waals surface area (Å²) in [6.45, 7) is 23.8. The maximum atomic E-state index is 14.0. The summed E-state index contributed by atoms with van der Waals surface area (Å²) in [5, 5.41) is 11.9. The van der Waals surface area contributed by atoms with Crippen molar-refractivity contribution in [2.24, 2.45) is 16.7 Å². The van der Waals surface area contributed by atoms with Crippen molar-refractivity contribution in [1.29, 1.82) is 0 Å². The van der Waals surface area contributed by atoms with E-state index in [1.165, 1.54) is 0 Å². The van der Waals surface area contributed by atoms with Crippen LogP contribution in [0.1, 0.15) is 61.8 Å². The average Bonchev–Trinajstić information content (AvgIpc) is 2.81. The van der Waals surface area contributed by atoms with Gasteiger partial charge in [-0.3, -0.25) is 9.59 Å². The van der Waals surface area contributed by atoms with Crippen molar-refractivity contribution in [3.8, 4) is 11.8 Å². The van der Waals surface area contributed by atoms with Crippen LogP contribution in [-0.4, -0.2) is 55.2 Å². The summed E-state index contributed by atoms with van der Waals surface area (Å²) in [6, 6.07) is 0. The second-order valence-electron chi connectivity index (χ2n) is 12.7. The first kappa shape index (κ1) is 28.0. The second-order valence-corrected chi connectivity index (χ2v) is 17.6. The Labute approximate surface area is 211 Å². The van der Waals surface area contributed by atoms with Crippen LogP contribution in [-0.2, 0) is 23.5 Å². The predicted octanol–water partition coefficient (Wildman–Crippen LogP) is 4.58. The molecule has 4 bridgehead atoms. The molecular weight excluding hydrogens is 460 g/mol. The highest BCUT2D eigenvalue weighted by molar-refractivity contribution is 6.74. The quantitative estimate of drug-likeness (QED) is 0.262. The first-order valence-electron chi connectivity index (χ1n) is 12.4. The molecule has 2 heterocycles. The van der Waals surface area contributed by atoms with E-state index < -0.39 is 54.4 Å². The van der Waals surface area contributed by atoms with Gasteiger partial charge in [-0.15, -0.1) is 5.92 Å². The molecule has 2 fully saturated rings. The number of ketones is 2. The van der Waals surface area contributed by atoms with Gasteiger partial charge in [0.1, 0.15) is 12.2 Å². The summed E-state index contributed by atoms with van der Waals surface area (Å²) < 4.78 is 18.6. The van der Waals surface area contributed by atoms with Crippen molar-refractivity contribution in [1.82, 2.24) is 0 Å². The van der Waals surface area contributed by atoms with Crippen LogP contribution in [0.2, 0.25) is 18.1 Å². The average molecular weight is 503 g/mol. The summed E-state index contributed by atoms with van der Waals surface area (Å²) in [5.74, 6) is 3.48. The lowest BCUT2D eigenvalue weighted by Gasteiger charge is -2.54. The molecule has 0 saturated carbocycles. The first-order chi connectivity index (χ1) is 15.7. The number of hydrogen-bond donors (Lipinski definition) is 1. The molecule has 35 heavy (non-hydrogen) atoms. The molecule has 0 aromatic carbocycles. The van der Waals surface area contributed by atoms with E-state index in [1.807, 2.05) is 13.0 Å². The van der Waals surface area contributed by atoms with Gasteiger partial charge in [-0.1, -0.05) is 52.3 Å². The zero-order valence-electron chi connectivity index (χ0n) is 23.0. The van der Waals surface area contributed by atoms with Gasteiger partial charge < -0.3 is 19.0 Å². The fourth-order valence-corrected chi connectivity index (χ4v) is 6.22. The van der Waals surface area contributed by atoms with Crippen LogP contribution in [0.25, 0.3) is 0 Å². The molecule has 0 aromatic heterocycles. The molecule has 0 radical (unpaired) electrons. The van der Waals surface area contributed by atoms with E-state index in [-0.39, 0.29) is 16.4 Å². The predicted molar refractivity (Wildman–Crippen MR) is 138 cm³/mol. The van der Waals surface area contributed by atoms with Crippen molar-refractivity contribution in [3.05, 3.63) is 24.3 Å². The highest BCUT2D eigenvalue weighted by Gasteiger charge is 2.70. The van der Waals surface area contributed by atoms with Crippen molar-refractivity contribution in [2.45, 2.75) is 104 Å². The smallest absolute Gasteiger partial charge is 0.199 e. The van der Waals surface area contributed by atoms with E-state index in [1.54, 1.807) is 33.8 Å². The summed E-state index contributed by atoms with van der Waals surface area (Å²) in [4.78, 5) is 28.0. The zero-order chi connectivity index (χ0) is 26.8. The molecule has 2 saturated heterocycles. The number of hydrogen-bond acceptors (Lipinski definition) is 6. The van der Waals surface area contributed by atoms with E-state index in [0.717, 1.165) is 0 Å². The van der Waals surface area contributed by atoms with Gasteiger partial charge in [0.25, 0.3) is 0 Å². The van der Waals surface area contributed by atoms with Crippen LogP contribution in [0.4, 0.5) is 0 Å². The number of fused-ring (bicyclic) bond motifs is 4. The molecule has 6 nitrogen and oxygen atoms in total. The third-order valence-corrected chi connectivity index (χ3v) is 13.1. The number of rotatable bonds is 4. The van der Waals surface area contributed by atoms with E-state index >= 15 is 0 Å². The molecule has 2 aliphatic carbocycles. The summed E-state index contributed by atoms with van der Waals surface area (Å²) >= 11 is 0. The van der Waals surface area contributed by atoms with Gasteiger partial charge >= 0.3 is 0 Å². The zero-order valence-corrected chi connectivity index (χ0v) is 24.0. The Hall–Kier alpha value is -1.56. The summed E-state index contributed by atoms with van der Waals surface area (Å²) in [7, 11) is -1.90. The van der Waals surface area contributed by atoms with Gasteiger partial charge in [0, 0.05) is 18.4 Å². The fourth-order valence-electron chi connectivity index (χ4n) is 5.18. The maximum absolute atomic E-state index is 14.0. The molecule has 0 aromatic rings. The van der Waals surface area contributed by atoms with Gasteiger partial charge in [0.2, 0.25) is 0 Å². The minimum absolute atomic E-state index is 0.0991. The second kappa shape index (κ2) is 8.49. The van der Waals surface area contributed by atoms with Crippen molar-refractivity contribution in [3.63, 3.8) is 0 Å². The third kappa shape index (κ3) is 4.21. The largest absolute Gasteiger partial charge is 0.416 e. The lowest BCUT2D eigenvalue weighted by Crippen LogP contribution is -2.70. The van der Waals surface area contributed by atoms with Gasteiger partial charge in [0.15, 0.2) is 31.3 Å². The normalized spacial score (nSPS) is 38.4. The minimum Gasteiger partial charge on any atom is -0.416 e. The van der Waals surface area contributed by atoms with Crippen LogP contribution >= 0.6 is 0 Å². The monoisotopic (exact) mass is 502 g/mol. The Kier molecular flexibility index (Phi) is 6.80. The molecule has 0 spiro atoms. The van der Waals surface area contributed by atoms with Gasteiger partial charge in [-0.25, -0.2) is 0 Å². The van der Waals surface area contributed by atoms with Gasteiger partial charge in [-0.2, -0.15) is 0 Å². The number of Topliss-reactive ketones (excluding diaryl/α,β-unsaturated/α-hetero) is 2. The SMILES string of the molecule is C=C(C)C1(O)C(=O)C2OC(C)(C)OC3C(=O)C(C#CCCO[Si](C)(C)C(C)(C)C)C2(C)C=CC31C. The Morgan fingerprint density at radius 2 is 1.71 bits per heavy atom. The van der Waals surface area contributed by atoms with Crippen LogP contribution in [0.3, 0.4) is 0 Å². The van der Waals surface area contributed by atoms with Crippen molar-refractivity contribution in [2.75, 3.05) is 6.61 Å². The summed E-state index contributed by atoms with van der Waals surface area (Å²) in [6.07, 6.45) is 1.75. The molecular formula is C28H42O6Si. The van der Waals surface area contributed by atoms with E-state index in [0.29, 0.717) is 13.0 Å². The van der Waals surface area contributed by atoms with Crippen LogP contribution in [0.5, 0.6) is 0 Å². The molecule has 4 rings (SSSR count). The number of ether oxygens (including phenoxy) is 2. The maximum Gasteiger partial charge on any atom is 0.199 e. The highest BCUT2D eigenvalue weighted by Crippen LogP contribution is 2.57. The Morgan fingerprint density at radius 1 is 1.14 bits per heavy atom.